The SMILES string of the molecule is COC(=O)[C@]1(C)C[C@H](F)CN1. The zero-order valence-corrected chi connectivity index (χ0v) is 6.69. The molecule has 2 atom stereocenters. The fourth-order valence-electron chi connectivity index (χ4n) is 1.30. The maximum absolute atomic E-state index is 12.6. The predicted octanol–water partition coefficient (Wildman–Crippen LogP) is 0.249. The molecule has 0 amide bonds. The van der Waals surface area contributed by atoms with E-state index in [1.807, 2.05) is 0 Å². The van der Waals surface area contributed by atoms with E-state index in [1.54, 1.807) is 6.92 Å². The van der Waals surface area contributed by atoms with Crippen molar-refractivity contribution in [1.82, 2.24) is 5.32 Å². The normalized spacial score (nSPS) is 37.2. The summed E-state index contributed by atoms with van der Waals surface area (Å²) in [5.74, 6) is -0.391. The summed E-state index contributed by atoms with van der Waals surface area (Å²) in [6.07, 6.45) is -0.723. The standard InChI is InChI=1S/C7H12FNO2/c1-7(6(10)11-2)3-5(8)4-9-7/h5,9H,3-4H2,1-2H3/t5-,7-/m0/s1. The molecule has 1 N–H and O–H groups in total. The number of alkyl halides is 1. The molecule has 0 saturated carbocycles. The highest BCUT2D eigenvalue weighted by Gasteiger charge is 2.41. The Morgan fingerprint density at radius 1 is 1.82 bits per heavy atom. The molecule has 0 aliphatic carbocycles. The van der Waals surface area contributed by atoms with E-state index >= 15 is 0 Å². The van der Waals surface area contributed by atoms with Crippen LogP contribution in [0.2, 0.25) is 0 Å². The summed E-state index contributed by atoms with van der Waals surface area (Å²) in [5, 5.41) is 2.78. The van der Waals surface area contributed by atoms with Crippen LogP contribution in [-0.2, 0) is 9.53 Å². The van der Waals surface area contributed by atoms with E-state index in [-0.39, 0.29) is 13.0 Å². The number of carbonyl (C=O) groups excluding carboxylic acids is 1. The third kappa shape index (κ3) is 1.50. The molecule has 0 aromatic carbocycles. The van der Waals surface area contributed by atoms with E-state index in [9.17, 15) is 9.18 Å². The summed E-state index contributed by atoms with van der Waals surface area (Å²) in [6.45, 7) is 1.89. The number of carbonyl (C=O) groups is 1. The molecule has 4 heteroatoms. The number of nitrogens with one attached hydrogen (secondary N) is 1. The van der Waals surface area contributed by atoms with Crippen LogP contribution in [0.3, 0.4) is 0 Å². The highest BCUT2D eigenvalue weighted by Crippen LogP contribution is 2.22. The molecule has 1 saturated heterocycles. The van der Waals surface area contributed by atoms with Crippen LogP contribution < -0.4 is 5.32 Å². The van der Waals surface area contributed by atoms with Gasteiger partial charge in [0.05, 0.1) is 7.11 Å². The summed E-state index contributed by atoms with van der Waals surface area (Å²) in [6, 6.07) is 0. The molecule has 0 aromatic heterocycles. The molecule has 1 aliphatic heterocycles. The van der Waals surface area contributed by atoms with Crippen molar-refractivity contribution < 1.29 is 13.9 Å². The van der Waals surface area contributed by atoms with Gasteiger partial charge in [0.2, 0.25) is 0 Å². The van der Waals surface area contributed by atoms with E-state index in [4.69, 9.17) is 0 Å². The molecule has 0 aromatic rings. The molecule has 64 valence electrons. The monoisotopic (exact) mass is 161 g/mol. The lowest BCUT2D eigenvalue weighted by Gasteiger charge is -2.19. The predicted molar refractivity (Wildman–Crippen MR) is 37.9 cm³/mol. The van der Waals surface area contributed by atoms with Gasteiger partial charge in [0, 0.05) is 13.0 Å². The first kappa shape index (κ1) is 8.46. The van der Waals surface area contributed by atoms with Crippen molar-refractivity contribution in [1.29, 1.82) is 0 Å². The minimum absolute atomic E-state index is 0.208. The Bertz CT molecular complexity index is 174. The van der Waals surface area contributed by atoms with Crippen LogP contribution in [0, 0.1) is 0 Å². The van der Waals surface area contributed by atoms with E-state index in [1.165, 1.54) is 7.11 Å². The molecule has 0 unspecified atom stereocenters. The van der Waals surface area contributed by atoms with Crippen molar-refractivity contribution in [2.45, 2.75) is 25.1 Å². The molecular weight excluding hydrogens is 149 g/mol. The van der Waals surface area contributed by atoms with Crippen LogP contribution in [0.5, 0.6) is 0 Å². The van der Waals surface area contributed by atoms with E-state index in [0.717, 1.165) is 0 Å². The Morgan fingerprint density at radius 2 is 2.45 bits per heavy atom. The van der Waals surface area contributed by atoms with E-state index in [0.29, 0.717) is 0 Å². The molecule has 3 nitrogen and oxygen atoms in total. The number of hydrogen-bond donors (Lipinski definition) is 1. The molecule has 1 aliphatic rings. The number of methoxy groups -OCH3 is 1. The number of rotatable bonds is 1. The van der Waals surface area contributed by atoms with Crippen molar-refractivity contribution in [3.63, 3.8) is 0 Å². The average molecular weight is 161 g/mol. The third-order valence-electron chi connectivity index (χ3n) is 1.98. The first-order valence-electron chi connectivity index (χ1n) is 3.56. The van der Waals surface area contributed by atoms with Gasteiger partial charge in [0.15, 0.2) is 0 Å². The molecule has 0 spiro atoms. The van der Waals surface area contributed by atoms with Crippen LogP contribution in [0.15, 0.2) is 0 Å². The second-order valence-corrected chi connectivity index (χ2v) is 3.01. The zero-order chi connectivity index (χ0) is 8.48. The molecule has 0 bridgehead atoms. The van der Waals surface area contributed by atoms with Gasteiger partial charge in [-0.1, -0.05) is 0 Å². The lowest BCUT2D eigenvalue weighted by atomic mass is 10.0. The number of esters is 1. The summed E-state index contributed by atoms with van der Waals surface area (Å²) >= 11 is 0. The summed E-state index contributed by atoms with van der Waals surface area (Å²) in [4.78, 5) is 11.0. The van der Waals surface area contributed by atoms with Gasteiger partial charge in [-0.2, -0.15) is 0 Å². The highest BCUT2D eigenvalue weighted by molar-refractivity contribution is 5.80. The topological polar surface area (TPSA) is 38.3 Å². The van der Waals surface area contributed by atoms with Crippen LogP contribution >= 0.6 is 0 Å². The Balaban J connectivity index is 2.61. The summed E-state index contributed by atoms with van der Waals surface area (Å²) in [7, 11) is 1.31. The lowest BCUT2D eigenvalue weighted by molar-refractivity contribution is -0.147. The van der Waals surface area contributed by atoms with Gasteiger partial charge in [-0.05, 0) is 6.92 Å². The van der Waals surface area contributed by atoms with Crippen molar-refractivity contribution in [3.8, 4) is 0 Å². The Kier molecular flexibility index (Phi) is 2.13. The fraction of sp³-hybridized carbons (Fsp3) is 0.857. The van der Waals surface area contributed by atoms with Crippen LogP contribution in [0.1, 0.15) is 13.3 Å². The second-order valence-electron chi connectivity index (χ2n) is 3.01. The minimum Gasteiger partial charge on any atom is -0.468 e. The van der Waals surface area contributed by atoms with E-state index in [2.05, 4.69) is 10.1 Å². The van der Waals surface area contributed by atoms with Gasteiger partial charge in [-0.25, -0.2) is 4.39 Å². The van der Waals surface area contributed by atoms with Crippen LogP contribution in [0.25, 0.3) is 0 Å². The lowest BCUT2D eigenvalue weighted by Crippen LogP contribution is -2.45. The Morgan fingerprint density at radius 3 is 2.82 bits per heavy atom. The minimum atomic E-state index is -0.931. The van der Waals surface area contributed by atoms with Gasteiger partial charge in [0.25, 0.3) is 0 Å². The Hall–Kier alpha value is -0.640. The second kappa shape index (κ2) is 2.77. The van der Waals surface area contributed by atoms with Crippen LogP contribution in [0.4, 0.5) is 4.39 Å². The van der Waals surface area contributed by atoms with Gasteiger partial charge < -0.3 is 4.74 Å². The number of ether oxygens (including phenoxy) is 1. The van der Waals surface area contributed by atoms with Crippen molar-refractivity contribution in [3.05, 3.63) is 0 Å². The van der Waals surface area contributed by atoms with Crippen molar-refractivity contribution in [2.24, 2.45) is 0 Å². The fourth-order valence-corrected chi connectivity index (χ4v) is 1.30. The maximum atomic E-state index is 12.6. The molecule has 0 radical (unpaired) electrons. The number of hydrogen-bond acceptors (Lipinski definition) is 3. The molecule has 11 heavy (non-hydrogen) atoms. The van der Waals surface area contributed by atoms with Gasteiger partial charge in [-0.3, -0.25) is 10.1 Å². The average Bonchev–Trinajstić information content (AvgIpc) is 2.31. The molecular formula is C7H12FNO2. The third-order valence-corrected chi connectivity index (χ3v) is 1.98. The zero-order valence-electron chi connectivity index (χ0n) is 6.69. The molecule has 1 rings (SSSR count). The maximum Gasteiger partial charge on any atom is 0.325 e. The van der Waals surface area contributed by atoms with Gasteiger partial charge >= 0.3 is 5.97 Å². The van der Waals surface area contributed by atoms with Crippen molar-refractivity contribution >= 4 is 5.97 Å². The summed E-state index contributed by atoms with van der Waals surface area (Å²) in [5.41, 5.74) is -0.811. The van der Waals surface area contributed by atoms with Gasteiger partial charge in [0.1, 0.15) is 11.7 Å². The van der Waals surface area contributed by atoms with Crippen LogP contribution in [-0.4, -0.2) is 31.3 Å². The largest absolute Gasteiger partial charge is 0.468 e. The highest BCUT2D eigenvalue weighted by atomic mass is 19.1. The van der Waals surface area contributed by atoms with Gasteiger partial charge in [-0.15, -0.1) is 0 Å². The summed E-state index contributed by atoms with van der Waals surface area (Å²) < 4.78 is 17.2. The first-order chi connectivity index (χ1) is 5.08. The quantitative estimate of drug-likeness (QED) is 0.560. The number of halogens is 1. The first-order valence-corrected chi connectivity index (χ1v) is 3.56. The molecule has 1 heterocycles. The van der Waals surface area contributed by atoms with Crippen molar-refractivity contribution in [2.75, 3.05) is 13.7 Å². The smallest absolute Gasteiger partial charge is 0.325 e. The Labute approximate surface area is 64.9 Å². The molecule has 1 fully saturated rings. The van der Waals surface area contributed by atoms with E-state index < -0.39 is 17.7 Å².